The molecule has 112 valence electrons. The molecule has 4 rings (SSSR count). The lowest BCUT2D eigenvalue weighted by atomic mass is 9.92. The minimum Gasteiger partial charge on any atom is -0.496 e. The Morgan fingerprint density at radius 2 is 1.86 bits per heavy atom. The van der Waals surface area contributed by atoms with Gasteiger partial charge in [0.25, 0.3) is 0 Å². The number of aliphatic imine (C=N–C) groups is 1. The first kappa shape index (κ1) is 13.3. The van der Waals surface area contributed by atoms with Crippen molar-refractivity contribution in [3.05, 3.63) is 65.2 Å². The van der Waals surface area contributed by atoms with Gasteiger partial charge in [-0.1, -0.05) is 42.5 Å². The summed E-state index contributed by atoms with van der Waals surface area (Å²) in [7, 11) is 3.46. The summed E-state index contributed by atoms with van der Waals surface area (Å²) in [5.74, 6) is 1.83. The van der Waals surface area contributed by atoms with E-state index in [1.54, 1.807) is 14.2 Å². The predicted octanol–water partition coefficient (Wildman–Crippen LogP) is 2.62. The van der Waals surface area contributed by atoms with Gasteiger partial charge in [0.05, 0.1) is 19.2 Å². The average molecular weight is 293 g/mol. The van der Waals surface area contributed by atoms with Gasteiger partial charge in [-0.15, -0.1) is 0 Å². The standard InChI is InChI=1S/C18H18N2O2/c1-21-15-10-6-9-14-16(15)18(22-2,13-7-4-3-5-8-13)20-12-11-19-17(14)20/h3-10H,11-12H2,1-2H3/i1-1. The minimum absolute atomic E-state index is 0.668. The highest BCUT2D eigenvalue weighted by atomic mass is 16.5. The van der Waals surface area contributed by atoms with Crippen LogP contribution in [0.2, 0.25) is 0 Å². The van der Waals surface area contributed by atoms with E-state index < -0.39 is 5.72 Å². The fourth-order valence-electron chi connectivity index (χ4n) is 3.65. The Bertz CT molecular complexity index is 742. The molecule has 0 saturated heterocycles. The Hall–Kier alpha value is -2.33. The van der Waals surface area contributed by atoms with Crippen molar-refractivity contribution in [2.75, 3.05) is 27.3 Å². The summed E-state index contributed by atoms with van der Waals surface area (Å²) in [6, 6.07) is 16.4. The molecule has 4 heteroatoms. The molecule has 0 amide bonds. The number of amidine groups is 1. The van der Waals surface area contributed by atoms with Gasteiger partial charge in [0.1, 0.15) is 11.6 Å². The number of benzene rings is 2. The molecule has 22 heavy (non-hydrogen) atoms. The van der Waals surface area contributed by atoms with Crippen LogP contribution in [0.4, 0.5) is 0 Å². The van der Waals surface area contributed by atoms with Crippen LogP contribution in [0.15, 0.2) is 53.5 Å². The average Bonchev–Trinajstić information content (AvgIpc) is 3.16. The minimum atomic E-state index is -0.668. The lowest BCUT2D eigenvalue weighted by Crippen LogP contribution is -2.45. The Kier molecular flexibility index (Phi) is 2.94. The van der Waals surface area contributed by atoms with Gasteiger partial charge >= 0.3 is 0 Å². The summed E-state index contributed by atoms with van der Waals surface area (Å²) in [4.78, 5) is 6.94. The molecular weight excluding hydrogens is 275 g/mol. The van der Waals surface area contributed by atoms with Gasteiger partial charge in [-0.25, -0.2) is 0 Å². The third-order valence-corrected chi connectivity index (χ3v) is 4.51. The maximum atomic E-state index is 6.13. The zero-order valence-corrected chi connectivity index (χ0v) is 12.7. The van der Waals surface area contributed by atoms with E-state index in [1.165, 1.54) is 0 Å². The number of nitrogens with zero attached hydrogens (tertiary/aromatic N) is 2. The number of fused-ring (bicyclic) bond motifs is 3. The molecule has 2 heterocycles. The molecule has 0 aromatic heterocycles. The first-order valence-electron chi connectivity index (χ1n) is 7.43. The highest BCUT2D eigenvalue weighted by Crippen LogP contribution is 2.49. The summed E-state index contributed by atoms with van der Waals surface area (Å²) in [5.41, 5.74) is 2.57. The van der Waals surface area contributed by atoms with Crippen LogP contribution < -0.4 is 4.74 Å². The van der Waals surface area contributed by atoms with Crippen molar-refractivity contribution >= 4 is 5.84 Å². The van der Waals surface area contributed by atoms with Crippen molar-refractivity contribution in [1.29, 1.82) is 0 Å². The molecule has 0 radical (unpaired) electrons. The van der Waals surface area contributed by atoms with Crippen molar-refractivity contribution in [2.45, 2.75) is 5.72 Å². The highest BCUT2D eigenvalue weighted by Gasteiger charge is 2.53. The Balaban J connectivity index is 2.06. The van der Waals surface area contributed by atoms with E-state index in [-0.39, 0.29) is 0 Å². The van der Waals surface area contributed by atoms with Crippen LogP contribution in [0, 0.1) is 0 Å². The second-order valence-electron chi connectivity index (χ2n) is 5.45. The first-order chi connectivity index (χ1) is 10.8. The zero-order valence-electron chi connectivity index (χ0n) is 12.7. The van der Waals surface area contributed by atoms with Gasteiger partial charge in [0.2, 0.25) is 0 Å². The lowest BCUT2D eigenvalue weighted by Gasteiger charge is -2.38. The Morgan fingerprint density at radius 3 is 2.59 bits per heavy atom. The molecule has 0 fully saturated rings. The molecule has 2 aromatic carbocycles. The fraction of sp³-hybridized carbons (Fsp3) is 0.278. The fourth-order valence-corrected chi connectivity index (χ4v) is 3.65. The van der Waals surface area contributed by atoms with Crippen molar-refractivity contribution in [3.8, 4) is 5.75 Å². The van der Waals surface area contributed by atoms with Gasteiger partial charge < -0.3 is 14.4 Å². The summed E-state index contributed by atoms with van der Waals surface area (Å²) < 4.78 is 11.8. The van der Waals surface area contributed by atoms with Crippen LogP contribution >= 0.6 is 0 Å². The molecule has 0 aliphatic carbocycles. The molecule has 4 nitrogen and oxygen atoms in total. The number of rotatable bonds is 3. The highest BCUT2D eigenvalue weighted by molar-refractivity contribution is 6.06. The third kappa shape index (κ3) is 1.53. The molecular formula is C18H18N2O2. The van der Waals surface area contributed by atoms with E-state index in [0.717, 1.165) is 41.4 Å². The zero-order chi connectivity index (χ0) is 15.2. The van der Waals surface area contributed by atoms with Gasteiger partial charge in [-0.3, -0.25) is 4.99 Å². The van der Waals surface area contributed by atoms with Crippen molar-refractivity contribution < 1.29 is 9.47 Å². The quantitative estimate of drug-likeness (QED) is 0.872. The largest absolute Gasteiger partial charge is 0.496 e. The van der Waals surface area contributed by atoms with Crippen LogP contribution in [-0.2, 0) is 10.5 Å². The summed E-state index contributed by atoms with van der Waals surface area (Å²) in [6.45, 7) is 1.64. The maximum absolute atomic E-state index is 6.13. The van der Waals surface area contributed by atoms with Crippen LogP contribution in [0.25, 0.3) is 0 Å². The molecule has 1 atom stereocenters. The van der Waals surface area contributed by atoms with Crippen LogP contribution in [0.1, 0.15) is 16.7 Å². The molecule has 1 unspecified atom stereocenters. The van der Waals surface area contributed by atoms with Gasteiger partial charge in [-0.2, -0.15) is 0 Å². The summed E-state index contributed by atoms with van der Waals surface area (Å²) >= 11 is 0. The van der Waals surface area contributed by atoms with Crippen LogP contribution in [-0.4, -0.2) is 38.0 Å². The summed E-state index contributed by atoms with van der Waals surface area (Å²) in [5, 5.41) is 0. The molecule has 0 bridgehead atoms. The van der Waals surface area contributed by atoms with Gasteiger partial charge in [0, 0.05) is 24.8 Å². The van der Waals surface area contributed by atoms with Crippen molar-refractivity contribution in [3.63, 3.8) is 0 Å². The molecule has 0 N–H and O–H groups in total. The number of methoxy groups -OCH3 is 2. The molecule has 2 aromatic rings. The lowest BCUT2D eigenvalue weighted by molar-refractivity contribution is -0.0657. The molecule has 2 aliphatic heterocycles. The number of hydrogen-bond acceptors (Lipinski definition) is 4. The van der Waals surface area contributed by atoms with E-state index in [4.69, 9.17) is 14.5 Å². The van der Waals surface area contributed by atoms with E-state index >= 15 is 0 Å². The molecule has 0 spiro atoms. The van der Waals surface area contributed by atoms with Crippen molar-refractivity contribution in [1.82, 2.24) is 4.90 Å². The normalized spacial score (nSPS) is 22.3. The predicted molar refractivity (Wildman–Crippen MR) is 85.3 cm³/mol. The third-order valence-electron chi connectivity index (χ3n) is 4.51. The molecule has 0 saturated carbocycles. The second-order valence-corrected chi connectivity index (χ2v) is 5.45. The number of ether oxygens (including phenoxy) is 2. The second kappa shape index (κ2) is 4.85. The maximum Gasteiger partial charge on any atom is 0.199 e. The monoisotopic (exact) mass is 293 g/mol. The smallest absolute Gasteiger partial charge is 0.199 e. The first-order valence-corrected chi connectivity index (χ1v) is 7.43. The van der Waals surface area contributed by atoms with E-state index in [9.17, 15) is 0 Å². The number of hydrogen-bond donors (Lipinski definition) is 0. The Labute approximate surface area is 130 Å². The van der Waals surface area contributed by atoms with Gasteiger partial charge in [-0.05, 0) is 6.07 Å². The Morgan fingerprint density at radius 1 is 1.05 bits per heavy atom. The van der Waals surface area contributed by atoms with E-state index in [0.29, 0.717) is 0 Å². The summed E-state index contributed by atoms with van der Waals surface area (Å²) in [6.07, 6.45) is 0. The topological polar surface area (TPSA) is 34.1 Å². The van der Waals surface area contributed by atoms with Crippen LogP contribution in [0.5, 0.6) is 5.75 Å². The molecule has 2 aliphatic rings. The van der Waals surface area contributed by atoms with E-state index in [1.807, 2.05) is 30.3 Å². The van der Waals surface area contributed by atoms with Crippen LogP contribution in [0.3, 0.4) is 0 Å². The van der Waals surface area contributed by atoms with Crippen molar-refractivity contribution in [2.24, 2.45) is 4.99 Å². The van der Waals surface area contributed by atoms with Gasteiger partial charge in [0.15, 0.2) is 5.72 Å². The SMILES string of the molecule is COC1(c2ccccc2)c2c(O[11CH3])cccc2C2=NCCN21. The van der Waals surface area contributed by atoms with E-state index in [2.05, 4.69) is 23.1 Å².